The lowest BCUT2D eigenvalue weighted by atomic mass is 10.1. The van der Waals surface area contributed by atoms with Crippen LogP contribution in [-0.2, 0) is 4.74 Å². The summed E-state index contributed by atoms with van der Waals surface area (Å²) in [5.74, 6) is -0.109. The van der Waals surface area contributed by atoms with Crippen LogP contribution < -0.4 is 11.1 Å². The molecule has 2 aromatic carbocycles. The molecule has 0 bridgehead atoms. The van der Waals surface area contributed by atoms with E-state index in [1.807, 2.05) is 55.5 Å². The molecule has 1 aliphatic rings. The summed E-state index contributed by atoms with van der Waals surface area (Å²) in [5.41, 5.74) is 11.0. The molecule has 0 radical (unpaired) electrons. The highest BCUT2D eigenvalue weighted by Gasteiger charge is 2.25. The summed E-state index contributed by atoms with van der Waals surface area (Å²) in [4.78, 5) is 22.6. The standard InChI is InChI=1S/C24H24N6O2/c1-15-7-2-3-8-16(15)13-27-30-22(25)20(24(31)26-14-17-9-6-12-32-17)21-23(30)29-19-11-5-4-10-18(19)28-21/h2-5,7-8,10-11,13,17H,6,9,12,14,25H2,1H3,(H,26,31)/b27-13-/t17-/m1/s1. The number of nitrogens with two attached hydrogens (primary N) is 1. The van der Waals surface area contributed by atoms with E-state index in [0.717, 1.165) is 30.6 Å². The fraction of sp³-hybridized carbons (Fsp3) is 0.250. The van der Waals surface area contributed by atoms with E-state index in [9.17, 15) is 4.79 Å². The quantitative estimate of drug-likeness (QED) is 0.475. The Morgan fingerprint density at radius 3 is 2.72 bits per heavy atom. The van der Waals surface area contributed by atoms with Crippen LogP contribution in [-0.4, -0.2) is 46.0 Å². The third-order valence-electron chi connectivity index (χ3n) is 5.72. The van der Waals surface area contributed by atoms with Crippen molar-refractivity contribution in [2.75, 3.05) is 18.9 Å². The third kappa shape index (κ3) is 3.69. The normalized spacial score (nSPS) is 16.3. The van der Waals surface area contributed by atoms with Crippen molar-refractivity contribution >= 4 is 40.1 Å². The minimum absolute atomic E-state index is 0.0273. The first-order chi connectivity index (χ1) is 15.6. The van der Waals surface area contributed by atoms with Gasteiger partial charge in [-0.1, -0.05) is 36.4 Å². The van der Waals surface area contributed by atoms with E-state index >= 15 is 0 Å². The molecule has 162 valence electrons. The van der Waals surface area contributed by atoms with Crippen molar-refractivity contribution in [3.63, 3.8) is 0 Å². The Bertz CT molecular complexity index is 1340. The minimum atomic E-state index is -0.308. The smallest absolute Gasteiger partial charge is 0.257 e. The van der Waals surface area contributed by atoms with Crippen molar-refractivity contribution in [2.24, 2.45) is 5.10 Å². The number of anilines is 1. The first-order valence-electron chi connectivity index (χ1n) is 10.7. The van der Waals surface area contributed by atoms with Crippen LogP contribution in [0, 0.1) is 6.92 Å². The summed E-state index contributed by atoms with van der Waals surface area (Å²) in [6, 6.07) is 15.4. The van der Waals surface area contributed by atoms with Gasteiger partial charge < -0.3 is 15.8 Å². The molecular formula is C24H24N6O2. The number of hydrogen-bond donors (Lipinski definition) is 2. The molecular weight excluding hydrogens is 404 g/mol. The van der Waals surface area contributed by atoms with E-state index in [4.69, 9.17) is 20.4 Å². The Morgan fingerprint density at radius 2 is 1.97 bits per heavy atom. The van der Waals surface area contributed by atoms with Gasteiger partial charge in [-0.3, -0.25) is 4.79 Å². The minimum Gasteiger partial charge on any atom is -0.383 e. The maximum atomic E-state index is 13.1. The lowest BCUT2D eigenvalue weighted by molar-refractivity contribution is 0.0859. The van der Waals surface area contributed by atoms with Gasteiger partial charge in [0.1, 0.15) is 16.9 Å². The molecule has 0 saturated carbocycles. The highest BCUT2D eigenvalue weighted by atomic mass is 16.5. The topological polar surface area (TPSA) is 107 Å². The number of aryl methyl sites for hydroxylation is 1. The predicted molar refractivity (Wildman–Crippen MR) is 125 cm³/mol. The average molecular weight is 428 g/mol. The monoisotopic (exact) mass is 428 g/mol. The van der Waals surface area contributed by atoms with Crippen LogP contribution in [0.3, 0.4) is 0 Å². The predicted octanol–water partition coefficient (Wildman–Crippen LogP) is 3.27. The number of fused-ring (bicyclic) bond motifs is 2. The zero-order chi connectivity index (χ0) is 22.1. The number of carbonyl (C=O) groups is 1. The van der Waals surface area contributed by atoms with Gasteiger partial charge in [-0.25, -0.2) is 9.97 Å². The largest absolute Gasteiger partial charge is 0.383 e. The Hall–Kier alpha value is -3.78. The molecule has 2 aromatic heterocycles. The molecule has 1 atom stereocenters. The van der Waals surface area contributed by atoms with Gasteiger partial charge in [0.05, 0.1) is 23.4 Å². The Labute approximate surface area is 185 Å². The molecule has 1 fully saturated rings. The van der Waals surface area contributed by atoms with Gasteiger partial charge in [0.2, 0.25) is 0 Å². The van der Waals surface area contributed by atoms with E-state index in [1.54, 1.807) is 6.21 Å². The van der Waals surface area contributed by atoms with Gasteiger partial charge in [0, 0.05) is 13.2 Å². The molecule has 1 aliphatic heterocycles. The van der Waals surface area contributed by atoms with Crippen molar-refractivity contribution < 1.29 is 9.53 Å². The number of nitrogen functional groups attached to an aromatic ring is 1. The summed E-state index contributed by atoms with van der Waals surface area (Å²) in [6.45, 7) is 3.17. The van der Waals surface area contributed by atoms with E-state index in [1.165, 1.54) is 4.68 Å². The number of ether oxygens (including phenoxy) is 1. The summed E-state index contributed by atoms with van der Waals surface area (Å²) >= 11 is 0. The number of benzene rings is 2. The van der Waals surface area contributed by atoms with Gasteiger partial charge in [0.25, 0.3) is 5.91 Å². The van der Waals surface area contributed by atoms with Crippen LogP contribution >= 0.6 is 0 Å². The molecule has 4 aromatic rings. The number of para-hydroxylation sites is 2. The zero-order valence-corrected chi connectivity index (χ0v) is 17.8. The van der Waals surface area contributed by atoms with Gasteiger partial charge in [0.15, 0.2) is 5.65 Å². The van der Waals surface area contributed by atoms with Crippen molar-refractivity contribution in [1.82, 2.24) is 20.0 Å². The van der Waals surface area contributed by atoms with Gasteiger partial charge >= 0.3 is 0 Å². The molecule has 8 nitrogen and oxygen atoms in total. The number of amides is 1. The van der Waals surface area contributed by atoms with E-state index < -0.39 is 0 Å². The lowest BCUT2D eigenvalue weighted by Crippen LogP contribution is -2.32. The van der Waals surface area contributed by atoms with Crippen LogP contribution in [0.5, 0.6) is 0 Å². The first kappa shape index (κ1) is 20.1. The maximum absolute atomic E-state index is 13.1. The highest BCUT2D eigenvalue weighted by molar-refractivity contribution is 6.10. The van der Waals surface area contributed by atoms with E-state index in [2.05, 4.69) is 10.4 Å². The summed E-state index contributed by atoms with van der Waals surface area (Å²) in [7, 11) is 0. The first-order valence-corrected chi connectivity index (χ1v) is 10.7. The second-order valence-corrected chi connectivity index (χ2v) is 7.90. The van der Waals surface area contributed by atoms with Crippen LogP contribution in [0.25, 0.3) is 22.2 Å². The van der Waals surface area contributed by atoms with Crippen LogP contribution in [0.2, 0.25) is 0 Å². The number of nitrogens with zero attached hydrogens (tertiary/aromatic N) is 4. The zero-order valence-electron chi connectivity index (χ0n) is 17.8. The van der Waals surface area contributed by atoms with E-state index in [0.29, 0.717) is 28.7 Å². The number of rotatable bonds is 5. The SMILES string of the molecule is Cc1ccccc1/C=N\n1c(N)c(C(=O)NC[C@H]2CCCO2)c2nc3ccccc3nc21. The number of aromatic nitrogens is 3. The van der Waals surface area contributed by atoms with E-state index in [-0.39, 0.29) is 23.4 Å². The van der Waals surface area contributed by atoms with Crippen LogP contribution in [0.1, 0.15) is 34.3 Å². The summed E-state index contributed by atoms with van der Waals surface area (Å²) in [6.07, 6.45) is 3.69. The maximum Gasteiger partial charge on any atom is 0.257 e. The molecule has 1 amide bonds. The van der Waals surface area contributed by atoms with Crippen LogP contribution in [0.15, 0.2) is 53.6 Å². The summed E-state index contributed by atoms with van der Waals surface area (Å²) < 4.78 is 7.10. The van der Waals surface area contributed by atoms with Crippen molar-refractivity contribution in [3.05, 3.63) is 65.2 Å². The molecule has 3 N–H and O–H groups in total. The van der Waals surface area contributed by atoms with Crippen molar-refractivity contribution in [1.29, 1.82) is 0 Å². The molecule has 0 spiro atoms. The second kappa shape index (κ2) is 8.39. The fourth-order valence-electron chi connectivity index (χ4n) is 3.94. The fourth-order valence-corrected chi connectivity index (χ4v) is 3.94. The molecule has 8 heteroatoms. The highest BCUT2D eigenvalue weighted by Crippen LogP contribution is 2.28. The molecule has 0 aliphatic carbocycles. The summed E-state index contributed by atoms with van der Waals surface area (Å²) in [5, 5.41) is 7.51. The number of hydrogen-bond acceptors (Lipinski definition) is 6. The molecule has 1 saturated heterocycles. The molecule has 3 heterocycles. The Balaban J connectivity index is 1.60. The van der Waals surface area contributed by atoms with Crippen LogP contribution in [0.4, 0.5) is 5.82 Å². The van der Waals surface area contributed by atoms with Gasteiger partial charge in [-0.2, -0.15) is 9.78 Å². The molecule has 32 heavy (non-hydrogen) atoms. The third-order valence-corrected chi connectivity index (χ3v) is 5.72. The molecule has 0 unspecified atom stereocenters. The van der Waals surface area contributed by atoms with Gasteiger partial charge in [-0.15, -0.1) is 0 Å². The van der Waals surface area contributed by atoms with Crippen molar-refractivity contribution in [2.45, 2.75) is 25.9 Å². The Morgan fingerprint density at radius 1 is 1.22 bits per heavy atom. The van der Waals surface area contributed by atoms with Crippen molar-refractivity contribution in [3.8, 4) is 0 Å². The second-order valence-electron chi connectivity index (χ2n) is 7.90. The lowest BCUT2D eigenvalue weighted by Gasteiger charge is -2.10. The average Bonchev–Trinajstić information content (AvgIpc) is 3.41. The Kier molecular flexibility index (Phi) is 5.28. The number of nitrogens with one attached hydrogen (secondary N) is 1. The molecule has 5 rings (SSSR count). The van der Waals surface area contributed by atoms with Gasteiger partial charge in [-0.05, 0) is 43.0 Å². The number of carbonyl (C=O) groups excluding carboxylic acids is 1.